The van der Waals surface area contributed by atoms with Gasteiger partial charge in [-0.05, 0) is 140 Å². The Kier molecular flexibility index (Phi) is 33.5. The summed E-state index contributed by atoms with van der Waals surface area (Å²) in [6.07, 6.45) is 4.02. The molecular formula is C65H71Cl3O9S3. The highest BCUT2D eigenvalue weighted by molar-refractivity contribution is 8.00. The van der Waals surface area contributed by atoms with Crippen molar-refractivity contribution in [3.8, 4) is 52.8 Å². The minimum absolute atomic E-state index is 0.407. The molecule has 424 valence electrons. The molecular weight excluding hydrogens is 1130 g/mol. The number of carboxylic acid groups (broad SMARTS) is 3. The monoisotopic (exact) mass is 1200 g/mol. The molecule has 0 aliphatic rings. The summed E-state index contributed by atoms with van der Waals surface area (Å²) in [5, 5.41) is 28.4. The maximum absolute atomic E-state index is 10.7. The third-order valence-electron chi connectivity index (χ3n) is 10.1. The molecule has 0 heterocycles. The van der Waals surface area contributed by atoms with Crippen LogP contribution >= 0.6 is 70.1 Å². The SMILES string of the molecule is CC.CC.CCCc1ccc(SC)cc1C#Cc1cc(Cl)ccc1OCC(=O)O.Cc1ccc(SC(C)C)cc1C#Cc1cc(Cl)ccc1OCC(=O)O.Cc1ccc(SCC(C)C)cc1C#Cc1cc(Cl)ccc1OCC(=O)O. The molecule has 0 unspecified atom stereocenters. The van der Waals surface area contributed by atoms with E-state index in [2.05, 4.69) is 125 Å². The summed E-state index contributed by atoms with van der Waals surface area (Å²) in [6, 6.07) is 33.6. The van der Waals surface area contributed by atoms with E-state index in [1.165, 1.54) is 15.4 Å². The first kappa shape index (κ1) is 69.8. The Morgan fingerprint density at radius 2 is 0.863 bits per heavy atom. The van der Waals surface area contributed by atoms with Crippen molar-refractivity contribution in [1.29, 1.82) is 0 Å². The van der Waals surface area contributed by atoms with Gasteiger partial charge in [-0.1, -0.05) is 157 Å². The van der Waals surface area contributed by atoms with E-state index in [1.54, 1.807) is 78.1 Å². The molecule has 0 spiro atoms. The summed E-state index contributed by atoms with van der Waals surface area (Å²) in [7, 11) is 0. The average molecular weight is 1200 g/mol. The van der Waals surface area contributed by atoms with Crippen LogP contribution in [0.3, 0.4) is 0 Å². The van der Waals surface area contributed by atoms with Crippen LogP contribution in [0.1, 0.15) is 119 Å². The van der Waals surface area contributed by atoms with Crippen LogP contribution in [0.4, 0.5) is 0 Å². The third kappa shape index (κ3) is 26.8. The van der Waals surface area contributed by atoms with E-state index in [9.17, 15) is 14.4 Å². The van der Waals surface area contributed by atoms with E-state index in [-0.39, 0.29) is 0 Å². The van der Waals surface area contributed by atoms with Crippen molar-refractivity contribution in [2.24, 2.45) is 5.92 Å². The van der Waals surface area contributed by atoms with E-state index in [4.69, 9.17) is 64.3 Å². The van der Waals surface area contributed by atoms with Gasteiger partial charge in [-0.2, -0.15) is 0 Å². The molecule has 0 fully saturated rings. The van der Waals surface area contributed by atoms with E-state index in [0.29, 0.717) is 60.2 Å². The van der Waals surface area contributed by atoms with Crippen molar-refractivity contribution >= 4 is 88.0 Å². The second-order valence-electron chi connectivity index (χ2n) is 17.3. The minimum atomic E-state index is -1.04. The fraction of sp³-hybridized carbons (Fsp3) is 0.308. The van der Waals surface area contributed by atoms with Crippen molar-refractivity contribution in [2.75, 3.05) is 31.8 Å². The Labute approximate surface area is 502 Å². The first-order chi connectivity index (χ1) is 38.2. The van der Waals surface area contributed by atoms with Crippen LogP contribution in [0.2, 0.25) is 15.1 Å². The van der Waals surface area contributed by atoms with Crippen LogP contribution in [0.15, 0.2) is 124 Å². The van der Waals surface area contributed by atoms with Gasteiger partial charge in [0.05, 0.1) is 16.7 Å². The number of hydrogen-bond acceptors (Lipinski definition) is 9. The van der Waals surface area contributed by atoms with Gasteiger partial charge in [-0.3, -0.25) is 0 Å². The van der Waals surface area contributed by atoms with Crippen molar-refractivity contribution in [2.45, 2.75) is 109 Å². The van der Waals surface area contributed by atoms with Gasteiger partial charge in [0.1, 0.15) is 17.2 Å². The van der Waals surface area contributed by atoms with Crippen LogP contribution in [0.5, 0.6) is 17.2 Å². The second kappa shape index (κ2) is 38.4. The van der Waals surface area contributed by atoms with E-state index in [1.807, 2.05) is 59.6 Å². The normalized spacial score (nSPS) is 9.86. The topological polar surface area (TPSA) is 140 Å². The predicted molar refractivity (Wildman–Crippen MR) is 336 cm³/mol. The molecule has 0 saturated heterocycles. The number of aliphatic carboxylic acids is 3. The maximum Gasteiger partial charge on any atom is 0.341 e. The largest absolute Gasteiger partial charge is 0.481 e. The fourth-order valence-electron chi connectivity index (χ4n) is 6.46. The zero-order chi connectivity index (χ0) is 59.7. The van der Waals surface area contributed by atoms with Crippen LogP contribution in [-0.2, 0) is 20.8 Å². The number of carbonyl (C=O) groups is 3. The summed E-state index contributed by atoms with van der Waals surface area (Å²) in [6.45, 7) is 21.6. The molecule has 15 heteroatoms. The van der Waals surface area contributed by atoms with Gasteiger partial charge in [0.2, 0.25) is 0 Å². The number of halogens is 3. The Balaban J connectivity index is 0.000000397. The molecule has 9 nitrogen and oxygen atoms in total. The van der Waals surface area contributed by atoms with E-state index >= 15 is 0 Å². The van der Waals surface area contributed by atoms with Gasteiger partial charge in [-0.15, -0.1) is 35.3 Å². The molecule has 0 saturated carbocycles. The number of thioether (sulfide) groups is 3. The Bertz CT molecular complexity index is 3180. The van der Waals surface area contributed by atoms with Gasteiger partial charge < -0.3 is 29.5 Å². The highest BCUT2D eigenvalue weighted by Crippen LogP contribution is 2.29. The summed E-state index contributed by atoms with van der Waals surface area (Å²) >= 11 is 23.4. The molecule has 6 aromatic carbocycles. The molecule has 0 aromatic heterocycles. The predicted octanol–water partition coefficient (Wildman–Crippen LogP) is 17.2. The lowest BCUT2D eigenvalue weighted by atomic mass is 10.0. The van der Waals surface area contributed by atoms with Crippen molar-refractivity contribution in [3.63, 3.8) is 0 Å². The summed E-state index contributed by atoms with van der Waals surface area (Å²) < 4.78 is 15.9. The summed E-state index contributed by atoms with van der Waals surface area (Å²) in [4.78, 5) is 35.7. The highest BCUT2D eigenvalue weighted by atomic mass is 35.5. The Morgan fingerprint density at radius 1 is 0.500 bits per heavy atom. The Morgan fingerprint density at radius 3 is 1.24 bits per heavy atom. The number of rotatable bonds is 17. The lowest BCUT2D eigenvalue weighted by molar-refractivity contribution is -0.140. The zero-order valence-corrected chi connectivity index (χ0v) is 52.2. The van der Waals surface area contributed by atoms with Gasteiger partial charge >= 0.3 is 17.9 Å². The first-order valence-electron chi connectivity index (χ1n) is 25.9. The van der Waals surface area contributed by atoms with Crippen molar-refractivity contribution in [3.05, 3.63) is 174 Å². The molecule has 0 radical (unpaired) electrons. The standard InChI is InChI=1S/C21H21ClO3S.2C20H19ClO3S.2C2H6/c1-14(2)13-26-19-8-4-15(3)16(11-19)5-6-17-10-18(22)7-9-20(17)25-12-21(23)24;1-13(2)25-18-8-4-14(3)15(11-18)5-6-16-10-17(21)7-9-19(16)24-12-20(22)23;1-3-4-14-7-9-18(25-2)12-15(14)5-6-16-11-17(21)8-10-19(16)24-13-20(22)23;2*1-2/h4,7-11,14H,12-13H2,1-3H3,(H,23,24);4,7-11,13H,12H2,1-3H3,(H,22,23);7-12H,3-4,13H2,1-2H3,(H,22,23);2*1-2H3. The molecule has 0 aliphatic carbocycles. The highest BCUT2D eigenvalue weighted by Gasteiger charge is 2.10. The molecule has 0 atom stereocenters. The molecule has 80 heavy (non-hydrogen) atoms. The van der Waals surface area contributed by atoms with Gasteiger partial charge in [0, 0.05) is 57.4 Å². The second-order valence-corrected chi connectivity index (χ2v) is 22.2. The molecule has 0 amide bonds. The summed E-state index contributed by atoms with van der Waals surface area (Å²) in [5.74, 6) is 18.5. The van der Waals surface area contributed by atoms with Crippen molar-refractivity contribution < 1.29 is 43.9 Å². The molecule has 0 bridgehead atoms. The number of carboxylic acids is 3. The maximum atomic E-state index is 10.7. The van der Waals surface area contributed by atoms with Crippen LogP contribution in [-0.4, -0.2) is 70.3 Å². The number of ether oxygens (including phenoxy) is 3. The number of hydrogen-bond donors (Lipinski definition) is 3. The fourth-order valence-corrected chi connectivity index (χ4v) is 9.18. The van der Waals surface area contributed by atoms with Gasteiger partial charge in [0.15, 0.2) is 19.8 Å². The third-order valence-corrected chi connectivity index (χ3v) is 13.9. The zero-order valence-electron chi connectivity index (χ0n) is 47.4. The molecule has 0 aliphatic heterocycles. The smallest absolute Gasteiger partial charge is 0.341 e. The summed E-state index contributed by atoms with van der Waals surface area (Å²) in [5.41, 5.74) is 7.90. The molecule has 6 rings (SSSR count). The van der Waals surface area contributed by atoms with Gasteiger partial charge in [-0.25, -0.2) is 14.4 Å². The Hall–Kier alpha value is -6.27. The molecule has 3 N–H and O–H groups in total. The lowest BCUT2D eigenvalue weighted by Crippen LogP contribution is -2.10. The average Bonchev–Trinajstić information content (AvgIpc) is 3.44. The van der Waals surface area contributed by atoms with Crippen LogP contribution < -0.4 is 14.2 Å². The lowest BCUT2D eigenvalue weighted by Gasteiger charge is -2.07. The van der Waals surface area contributed by atoms with Crippen LogP contribution in [0.25, 0.3) is 0 Å². The number of aryl methyl sites for hydroxylation is 3. The van der Waals surface area contributed by atoms with Crippen molar-refractivity contribution in [1.82, 2.24) is 0 Å². The first-order valence-corrected chi connectivity index (χ1v) is 30.1. The quantitative estimate of drug-likeness (QED) is 0.0592. The molecule has 6 aromatic rings. The van der Waals surface area contributed by atoms with Crippen LogP contribution in [0, 0.1) is 55.3 Å². The number of benzene rings is 6. The van der Waals surface area contributed by atoms with E-state index < -0.39 is 37.7 Å². The van der Waals surface area contributed by atoms with E-state index in [0.717, 1.165) is 51.3 Å². The minimum Gasteiger partial charge on any atom is -0.481 e. The van der Waals surface area contributed by atoms with Gasteiger partial charge in [0.25, 0.3) is 0 Å².